The molecule has 1 atom stereocenters. The van der Waals surface area contributed by atoms with Crippen LogP contribution in [0.15, 0.2) is 0 Å². The molecule has 1 saturated heterocycles. The number of hydrogen-bond donors (Lipinski definition) is 4. The third-order valence-corrected chi connectivity index (χ3v) is 2.39. The Hall–Kier alpha value is -2.16. The molecule has 9 heteroatoms. The molecule has 0 aromatic heterocycles. The van der Waals surface area contributed by atoms with Gasteiger partial charge in [-0.05, 0) is 6.92 Å². The Balaban J connectivity index is 2.49. The van der Waals surface area contributed by atoms with Crippen molar-refractivity contribution < 1.29 is 29.4 Å². The number of carbonyl (C=O) groups excluding carboxylic acids is 3. The molecule has 0 spiro atoms. The van der Waals surface area contributed by atoms with E-state index in [1.807, 2.05) is 5.32 Å². The van der Waals surface area contributed by atoms with Crippen LogP contribution in [0.25, 0.3) is 0 Å². The number of carboxylic acid groups (broad SMARTS) is 1. The summed E-state index contributed by atoms with van der Waals surface area (Å²) in [4.78, 5) is 45.2. The number of urea groups is 1. The fourth-order valence-corrected chi connectivity index (χ4v) is 1.55. The smallest absolute Gasteiger partial charge is 0.318 e. The highest BCUT2D eigenvalue weighted by Crippen LogP contribution is 2.07. The average Bonchev–Trinajstić information content (AvgIpc) is 2.22. The Kier molecular flexibility index (Phi) is 4.43. The van der Waals surface area contributed by atoms with E-state index in [-0.39, 0.29) is 19.6 Å². The molecule has 4 amide bonds. The van der Waals surface area contributed by atoms with Crippen LogP contribution in [0.4, 0.5) is 4.79 Å². The van der Waals surface area contributed by atoms with E-state index in [0.29, 0.717) is 0 Å². The molecule has 1 aliphatic heterocycles. The van der Waals surface area contributed by atoms with E-state index in [1.54, 1.807) is 0 Å². The number of nitrogens with one attached hydrogen (secondary N) is 2. The Morgan fingerprint density at radius 3 is 2.37 bits per heavy atom. The molecule has 0 aromatic carbocycles. The second kappa shape index (κ2) is 5.65. The molecule has 1 rings (SSSR count). The number of carboxylic acids is 1. The van der Waals surface area contributed by atoms with E-state index in [4.69, 9.17) is 5.11 Å². The quantitative estimate of drug-likeness (QED) is 0.432. The number of aliphatic hydroxyl groups is 1. The predicted octanol–water partition coefficient (Wildman–Crippen LogP) is -2.12. The zero-order valence-electron chi connectivity index (χ0n) is 10.3. The highest BCUT2D eigenvalue weighted by Gasteiger charge is 2.29. The van der Waals surface area contributed by atoms with E-state index in [2.05, 4.69) is 5.32 Å². The van der Waals surface area contributed by atoms with Gasteiger partial charge in [0.1, 0.15) is 13.1 Å². The van der Waals surface area contributed by atoms with Crippen molar-refractivity contribution in [1.82, 2.24) is 15.5 Å². The summed E-state index contributed by atoms with van der Waals surface area (Å²) in [5, 5.41) is 22.5. The van der Waals surface area contributed by atoms with Crippen LogP contribution in [0.3, 0.4) is 0 Å². The van der Waals surface area contributed by atoms with Crippen molar-refractivity contribution in [2.45, 2.75) is 18.9 Å². The number of piperazine rings is 1. The largest absolute Gasteiger partial charge is 0.481 e. The lowest BCUT2D eigenvalue weighted by Gasteiger charge is -2.28. The summed E-state index contributed by atoms with van der Waals surface area (Å²) in [5.74, 6) is -2.39. The SMILES string of the molecule is CC(O)(CNC(=O)N1CC(=O)NC(=O)C1)CC(=O)O. The molecule has 1 fully saturated rings. The highest BCUT2D eigenvalue weighted by atomic mass is 16.4. The maximum absolute atomic E-state index is 11.6. The molecule has 9 nitrogen and oxygen atoms in total. The van der Waals surface area contributed by atoms with Gasteiger partial charge in [0, 0.05) is 6.54 Å². The number of rotatable bonds is 4. The Morgan fingerprint density at radius 1 is 1.37 bits per heavy atom. The third kappa shape index (κ3) is 4.92. The lowest BCUT2D eigenvalue weighted by Crippen LogP contribution is -2.57. The molecule has 1 unspecified atom stereocenters. The second-order valence-electron chi connectivity index (χ2n) is 4.55. The Morgan fingerprint density at radius 2 is 1.89 bits per heavy atom. The number of imide groups is 1. The predicted molar refractivity (Wildman–Crippen MR) is 61.0 cm³/mol. The first-order chi connectivity index (χ1) is 8.69. The number of nitrogens with zero attached hydrogens (tertiary/aromatic N) is 1. The van der Waals surface area contributed by atoms with Gasteiger partial charge in [-0.25, -0.2) is 4.79 Å². The molecule has 4 N–H and O–H groups in total. The van der Waals surface area contributed by atoms with Gasteiger partial charge in [0.15, 0.2) is 0 Å². The van der Waals surface area contributed by atoms with Crippen molar-refractivity contribution in [2.24, 2.45) is 0 Å². The van der Waals surface area contributed by atoms with Crippen LogP contribution in [-0.2, 0) is 14.4 Å². The molecule has 1 heterocycles. The van der Waals surface area contributed by atoms with Crippen molar-refractivity contribution >= 4 is 23.8 Å². The zero-order valence-corrected chi connectivity index (χ0v) is 10.3. The zero-order chi connectivity index (χ0) is 14.6. The van der Waals surface area contributed by atoms with Crippen molar-refractivity contribution in [3.05, 3.63) is 0 Å². The lowest BCUT2D eigenvalue weighted by molar-refractivity contribution is -0.141. The van der Waals surface area contributed by atoms with Crippen molar-refractivity contribution in [2.75, 3.05) is 19.6 Å². The van der Waals surface area contributed by atoms with Crippen LogP contribution in [0, 0.1) is 0 Å². The molecular formula is C10H15N3O6. The van der Waals surface area contributed by atoms with Crippen LogP contribution >= 0.6 is 0 Å². The van der Waals surface area contributed by atoms with E-state index in [9.17, 15) is 24.3 Å². The van der Waals surface area contributed by atoms with Crippen molar-refractivity contribution in [1.29, 1.82) is 0 Å². The van der Waals surface area contributed by atoms with E-state index < -0.39 is 35.8 Å². The van der Waals surface area contributed by atoms with Crippen molar-refractivity contribution in [3.63, 3.8) is 0 Å². The minimum atomic E-state index is -1.61. The van der Waals surface area contributed by atoms with Crippen molar-refractivity contribution in [3.8, 4) is 0 Å². The summed E-state index contributed by atoms with van der Waals surface area (Å²) in [6, 6.07) is -0.714. The second-order valence-corrected chi connectivity index (χ2v) is 4.55. The number of amides is 4. The van der Waals surface area contributed by atoms with Gasteiger partial charge in [-0.15, -0.1) is 0 Å². The number of carbonyl (C=O) groups is 4. The first kappa shape index (κ1) is 14.9. The van der Waals surface area contributed by atoms with E-state index >= 15 is 0 Å². The van der Waals surface area contributed by atoms with Gasteiger partial charge in [-0.1, -0.05) is 0 Å². The molecule has 0 saturated carbocycles. The molecule has 0 radical (unpaired) electrons. The first-order valence-electron chi connectivity index (χ1n) is 5.49. The lowest BCUT2D eigenvalue weighted by atomic mass is 10.0. The minimum absolute atomic E-state index is 0.265. The molecule has 1 aliphatic rings. The Bertz CT molecular complexity index is 403. The topological polar surface area (TPSA) is 136 Å². The maximum Gasteiger partial charge on any atom is 0.318 e. The maximum atomic E-state index is 11.6. The van der Waals surface area contributed by atoms with Gasteiger partial charge in [0.25, 0.3) is 0 Å². The summed E-state index contributed by atoms with van der Waals surface area (Å²) in [6.07, 6.45) is -0.535. The summed E-state index contributed by atoms with van der Waals surface area (Å²) < 4.78 is 0. The standard InChI is InChI=1S/C10H15N3O6/c1-10(19,2-8(16)17)5-11-9(18)13-3-6(14)12-7(15)4-13/h19H,2-5H2,1H3,(H,11,18)(H,16,17)(H,12,14,15). The van der Waals surface area contributed by atoms with Gasteiger partial charge < -0.3 is 20.4 Å². The fourth-order valence-electron chi connectivity index (χ4n) is 1.55. The van der Waals surface area contributed by atoms with Crippen LogP contribution < -0.4 is 10.6 Å². The van der Waals surface area contributed by atoms with Gasteiger partial charge in [-0.2, -0.15) is 0 Å². The average molecular weight is 273 g/mol. The monoisotopic (exact) mass is 273 g/mol. The minimum Gasteiger partial charge on any atom is -0.481 e. The number of aliphatic carboxylic acids is 1. The third-order valence-electron chi connectivity index (χ3n) is 2.39. The fraction of sp³-hybridized carbons (Fsp3) is 0.600. The summed E-state index contributed by atoms with van der Waals surface area (Å²) in [6.45, 7) is 0.428. The van der Waals surface area contributed by atoms with Gasteiger partial charge in [0.2, 0.25) is 11.8 Å². The number of hydrogen-bond acceptors (Lipinski definition) is 5. The summed E-state index contributed by atoms with van der Waals surface area (Å²) >= 11 is 0. The highest BCUT2D eigenvalue weighted by molar-refractivity contribution is 6.02. The van der Waals surface area contributed by atoms with E-state index in [0.717, 1.165) is 4.90 Å². The van der Waals surface area contributed by atoms with Gasteiger partial charge >= 0.3 is 12.0 Å². The first-order valence-corrected chi connectivity index (χ1v) is 5.49. The van der Waals surface area contributed by atoms with Crippen LogP contribution in [0.5, 0.6) is 0 Å². The van der Waals surface area contributed by atoms with Crippen LogP contribution in [-0.4, -0.2) is 64.2 Å². The summed E-state index contributed by atoms with van der Waals surface area (Å²) in [7, 11) is 0. The molecule has 0 aliphatic carbocycles. The van der Waals surface area contributed by atoms with Crippen LogP contribution in [0.2, 0.25) is 0 Å². The van der Waals surface area contributed by atoms with Gasteiger partial charge in [0.05, 0.1) is 12.0 Å². The normalized spacial score (nSPS) is 18.5. The molecule has 0 bridgehead atoms. The summed E-state index contributed by atoms with van der Waals surface area (Å²) in [5.41, 5.74) is -1.61. The van der Waals surface area contributed by atoms with Crippen LogP contribution in [0.1, 0.15) is 13.3 Å². The Labute approximate surface area is 108 Å². The van der Waals surface area contributed by atoms with E-state index in [1.165, 1.54) is 6.92 Å². The molecule has 19 heavy (non-hydrogen) atoms. The van der Waals surface area contributed by atoms with Gasteiger partial charge in [-0.3, -0.25) is 19.7 Å². The molecular weight excluding hydrogens is 258 g/mol. The molecule has 0 aromatic rings. The molecule has 106 valence electrons.